The van der Waals surface area contributed by atoms with Crippen LogP contribution < -0.4 is 0 Å². The minimum atomic E-state index is 0.600. The summed E-state index contributed by atoms with van der Waals surface area (Å²) in [5.74, 6) is 0.643. The van der Waals surface area contributed by atoms with Gasteiger partial charge in [0.05, 0.1) is 11.6 Å². The van der Waals surface area contributed by atoms with Crippen LogP contribution in [0.3, 0.4) is 0 Å². The standard InChI is InChI=1S/C13H9N5/c14-8-10-6-5-9(7-13-15-17-18-16-13)11-3-1-2-4-12(10)11/h1-6H,7H2,(H,15,16,17,18). The summed E-state index contributed by atoms with van der Waals surface area (Å²) in [5, 5.41) is 25.0. The number of nitriles is 1. The number of rotatable bonds is 2. The summed E-state index contributed by atoms with van der Waals surface area (Å²) in [4.78, 5) is 0. The molecule has 0 atom stereocenters. The number of aromatic nitrogens is 4. The van der Waals surface area contributed by atoms with Crippen molar-refractivity contribution in [2.45, 2.75) is 6.42 Å². The molecule has 0 saturated carbocycles. The summed E-state index contributed by atoms with van der Waals surface area (Å²) >= 11 is 0. The fourth-order valence-electron chi connectivity index (χ4n) is 2.04. The predicted molar refractivity (Wildman–Crippen MR) is 65.6 cm³/mol. The molecule has 5 heteroatoms. The summed E-state index contributed by atoms with van der Waals surface area (Å²) in [6.45, 7) is 0. The maximum absolute atomic E-state index is 9.09. The summed E-state index contributed by atoms with van der Waals surface area (Å²) in [7, 11) is 0. The van der Waals surface area contributed by atoms with Gasteiger partial charge in [-0.15, -0.1) is 10.2 Å². The summed E-state index contributed by atoms with van der Waals surface area (Å²) in [6.07, 6.45) is 0.600. The van der Waals surface area contributed by atoms with Crippen LogP contribution in [0.1, 0.15) is 17.0 Å². The molecule has 86 valence electrons. The molecular weight excluding hydrogens is 226 g/mol. The molecule has 18 heavy (non-hydrogen) atoms. The lowest BCUT2D eigenvalue weighted by Crippen LogP contribution is -1.94. The largest absolute Gasteiger partial charge is 0.192 e. The summed E-state index contributed by atoms with van der Waals surface area (Å²) in [5.41, 5.74) is 1.77. The highest BCUT2D eigenvalue weighted by Crippen LogP contribution is 2.23. The van der Waals surface area contributed by atoms with Crippen molar-refractivity contribution in [3.63, 3.8) is 0 Å². The molecule has 0 aliphatic heterocycles. The Morgan fingerprint density at radius 3 is 2.67 bits per heavy atom. The molecule has 0 amide bonds. The van der Waals surface area contributed by atoms with E-state index >= 15 is 0 Å². The van der Waals surface area contributed by atoms with E-state index in [1.807, 2.05) is 36.4 Å². The van der Waals surface area contributed by atoms with E-state index in [2.05, 4.69) is 26.7 Å². The molecule has 0 radical (unpaired) electrons. The van der Waals surface area contributed by atoms with Gasteiger partial charge in [-0.3, -0.25) is 0 Å². The Bertz CT molecular complexity index is 725. The van der Waals surface area contributed by atoms with E-state index in [1.165, 1.54) is 0 Å². The normalized spacial score (nSPS) is 10.4. The quantitative estimate of drug-likeness (QED) is 0.734. The van der Waals surface area contributed by atoms with Crippen molar-refractivity contribution in [2.75, 3.05) is 0 Å². The Hall–Kier alpha value is -2.74. The molecule has 0 spiro atoms. The molecule has 1 heterocycles. The molecule has 3 rings (SSSR count). The highest BCUT2D eigenvalue weighted by Gasteiger charge is 2.07. The second-order valence-corrected chi connectivity index (χ2v) is 3.93. The van der Waals surface area contributed by atoms with E-state index in [1.54, 1.807) is 0 Å². The van der Waals surface area contributed by atoms with Gasteiger partial charge < -0.3 is 0 Å². The van der Waals surface area contributed by atoms with E-state index in [0.717, 1.165) is 16.3 Å². The van der Waals surface area contributed by atoms with Crippen LogP contribution in [0.25, 0.3) is 10.8 Å². The van der Waals surface area contributed by atoms with Crippen LogP contribution in [0, 0.1) is 11.3 Å². The number of fused-ring (bicyclic) bond motifs is 1. The average molecular weight is 235 g/mol. The molecule has 0 unspecified atom stereocenters. The van der Waals surface area contributed by atoms with Crippen molar-refractivity contribution in [2.24, 2.45) is 0 Å². The summed E-state index contributed by atoms with van der Waals surface area (Å²) in [6, 6.07) is 13.8. The first-order valence-corrected chi connectivity index (χ1v) is 5.51. The van der Waals surface area contributed by atoms with Gasteiger partial charge in [-0.2, -0.15) is 10.5 Å². The number of hydrogen-bond acceptors (Lipinski definition) is 4. The molecule has 2 aromatic carbocycles. The molecule has 0 aliphatic carbocycles. The Labute approximate surface area is 103 Å². The van der Waals surface area contributed by atoms with Gasteiger partial charge in [0.25, 0.3) is 0 Å². The molecule has 5 nitrogen and oxygen atoms in total. The highest BCUT2D eigenvalue weighted by molar-refractivity contribution is 5.90. The van der Waals surface area contributed by atoms with Gasteiger partial charge in [-0.25, -0.2) is 0 Å². The zero-order chi connectivity index (χ0) is 12.4. The smallest absolute Gasteiger partial charge is 0.178 e. The van der Waals surface area contributed by atoms with Crippen molar-refractivity contribution in [1.29, 1.82) is 5.26 Å². The Kier molecular flexibility index (Phi) is 2.47. The molecule has 0 fully saturated rings. The first-order valence-electron chi connectivity index (χ1n) is 5.51. The third-order valence-corrected chi connectivity index (χ3v) is 2.87. The monoisotopic (exact) mass is 235 g/mol. The van der Waals surface area contributed by atoms with Crippen LogP contribution in [0.15, 0.2) is 36.4 Å². The lowest BCUT2D eigenvalue weighted by molar-refractivity contribution is 0.881. The van der Waals surface area contributed by atoms with Gasteiger partial charge in [-0.05, 0) is 22.4 Å². The fraction of sp³-hybridized carbons (Fsp3) is 0.0769. The highest BCUT2D eigenvalue weighted by atomic mass is 15.5. The zero-order valence-electron chi connectivity index (χ0n) is 9.46. The van der Waals surface area contributed by atoms with E-state index in [0.29, 0.717) is 17.8 Å². The maximum Gasteiger partial charge on any atom is 0.178 e. The minimum absolute atomic E-state index is 0.600. The second-order valence-electron chi connectivity index (χ2n) is 3.93. The topological polar surface area (TPSA) is 78.2 Å². The van der Waals surface area contributed by atoms with Crippen molar-refractivity contribution >= 4 is 10.8 Å². The number of aromatic amines is 1. The number of hydrogen-bond donors (Lipinski definition) is 1. The van der Waals surface area contributed by atoms with E-state index in [9.17, 15) is 0 Å². The van der Waals surface area contributed by atoms with Crippen LogP contribution in [-0.2, 0) is 6.42 Å². The number of nitrogens with one attached hydrogen (secondary N) is 1. The average Bonchev–Trinajstić information content (AvgIpc) is 2.92. The van der Waals surface area contributed by atoms with Crippen LogP contribution >= 0.6 is 0 Å². The SMILES string of the molecule is N#Cc1ccc(Cc2nn[nH]n2)c2ccccc12. The van der Waals surface area contributed by atoms with E-state index in [-0.39, 0.29) is 0 Å². The van der Waals surface area contributed by atoms with Crippen LogP contribution in [-0.4, -0.2) is 20.6 Å². The fourth-order valence-corrected chi connectivity index (χ4v) is 2.04. The molecular formula is C13H9N5. The first kappa shape index (κ1) is 10.4. The predicted octanol–water partition coefficient (Wildman–Crippen LogP) is 1.82. The van der Waals surface area contributed by atoms with Crippen molar-refractivity contribution in [3.8, 4) is 6.07 Å². The number of H-pyrrole nitrogens is 1. The molecule has 0 aliphatic rings. The number of tetrazole rings is 1. The third kappa shape index (κ3) is 1.70. The number of nitrogens with zero attached hydrogens (tertiary/aromatic N) is 4. The van der Waals surface area contributed by atoms with Gasteiger partial charge in [0, 0.05) is 6.42 Å². The molecule has 1 aromatic heterocycles. The lowest BCUT2D eigenvalue weighted by Gasteiger charge is -2.05. The summed E-state index contributed by atoms with van der Waals surface area (Å²) < 4.78 is 0. The Morgan fingerprint density at radius 1 is 1.11 bits per heavy atom. The van der Waals surface area contributed by atoms with E-state index in [4.69, 9.17) is 5.26 Å². The second kappa shape index (κ2) is 4.26. The maximum atomic E-state index is 9.09. The van der Waals surface area contributed by atoms with Crippen LogP contribution in [0.5, 0.6) is 0 Å². The number of benzene rings is 2. The van der Waals surface area contributed by atoms with Gasteiger partial charge in [0.15, 0.2) is 5.82 Å². The van der Waals surface area contributed by atoms with Gasteiger partial charge in [0.2, 0.25) is 0 Å². The van der Waals surface area contributed by atoms with Crippen LogP contribution in [0.4, 0.5) is 0 Å². The minimum Gasteiger partial charge on any atom is -0.192 e. The Morgan fingerprint density at radius 2 is 1.94 bits per heavy atom. The van der Waals surface area contributed by atoms with Crippen molar-refractivity contribution in [1.82, 2.24) is 20.6 Å². The van der Waals surface area contributed by atoms with Gasteiger partial charge >= 0.3 is 0 Å². The van der Waals surface area contributed by atoms with Crippen molar-refractivity contribution < 1.29 is 0 Å². The molecule has 1 N–H and O–H groups in total. The van der Waals surface area contributed by atoms with Crippen molar-refractivity contribution in [3.05, 3.63) is 53.3 Å². The molecule has 3 aromatic rings. The Balaban J connectivity index is 2.16. The zero-order valence-corrected chi connectivity index (χ0v) is 9.46. The molecule has 0 saturated heterocycles. The lowest BCUT2D eigenvalue weighted by atomic mass is 9.98. The van der Waals surface area contributed by atoms with E-state index < -0.39 is 0 Å². The van der Waals surface area contributed by atoms with Gasteiger partial charge in [0.1, 0.15) is 0 Å². The first-order chi connectivity index (χ1) is 8.88. The molecule has 0 bridgehead atoms. The van der Waals surface area contributed by atoms with Gasteiger partial charge in [-0.1, -0.05) is 35.5 Å². The van der Waals surface area contributed by atoms with Crippen LogP contribution in [0.2, 0.25) is 0 Å². The third-order valence-electron chi connectivity index (χ3n) is 2.87.